The topological polar surface area (TPSA) is 71.9 Å². The molecule has 3 aromatic rings. The fraction of sp³-hybridized carbons (Fsp3) is 0.368. The highest BCUT2D eigenvalue weighted by Gasteiger charge is 2.14. The molecule has 6 heteroatoms. The average Bonchev–Trinajstić information content (AvgIpc) is 3.14. The Kier molecular flexibility index (Phi) is 4.79. The number of aromatic nitrogens is 3. The van der Waals surface area contributed by atoms with Crippen molar-refractivity contribution in [3.63, 3.8) is 0 Å². The van der Waals surface area contributed by atoms with E-state index in [1.54, 1.807) is 18.0 Å². The van der Waals surface area contributed by atoms with Crippen LogP contribution < -0.4 is 10.1 Å². The molecule has 0 aliphatic heterocycles. The highest BCUT2D eigenvalue weighted by molar-refractivity contribution is 5.95. The second kappa shape index (κ2) is 7.01. The molecule has 2 aromatic heterocycles. The molecule has 0 atom stereocenters. The van der Waals surface area contributed by atoms with Gasteiger partial charge in [0.15, 0.2) is 0 Å². The number of hydrogen-bond acceptors (Lipinski definition) is 3. The van der Waals surface area contributed by atoms with E-state index < -0.39 is 0 Å². The van der Waals surface area contributed by atoms with Gasteiger partial charge in [-0.3, -0.25) is 9.48 Å². The Morgan fingerprint density at radius 3 is 2.84 bits per heavy atom. The fourth-order valence-electron chi connectivity index (χ4n) is 3.11. The van der Waals surface area contributed by atoms with Crippen LogP contribution in [0.4, 0.5) is 0 Å². The second-order valence-corrected chi connectivity index (χ2v) is 6.13. The van der Waals surface area contributed by atoms with E-state index in [0.717, 1.165) is 41.0 Å². The molecule has 2 heterocycles. The van der Waals surface area contributed by atoms with Crippen LogP contribution >= 0.6 is 0 Å². The van der Waals surface area contributed by atoms with Gasteiger partial charge in [-0.15, -0.1) is 0 Å². The van der Waals surface area contributed by atoms with Gasteiger partial charge in [0.05, 0.1) is 18.4 Å². The van der Waals surface area contributed by atoms with Crippen molar-refractivity contribution in [3.05, 3.63) is 46.9 Å². The van der Waals surface area contributed by atoms with E-state index in [-0.39, 0.29) is 5.91 Å². The first kappa shape index (κ1) is 17.1. The third-order valence-corrected chi connectivity index (χ3v) is 4.50. The van der Waals surface area contributed by atoms with Crippen LogP contribution in [0.5, 0.6) is 5.75 Å². The summed E-state index contributed by atoms with van der Waals surface area (Å²) in [4.78, 5) is 15.8. The van der Waals surface area contributed by atoms with Crippen molar-refractivity contribution in [1.29, 1.82) is 0 Å². The maximum Gasteiger partial charge on any atom is 0.254 e. The van der Waals surface area contributed by atoms with Crippen molar-refractivity contribution in [2.75, 3.05) is 13.7 Å². The smallest absolute Gasteiger partial charge is 0.254 e. The summed E-state index contributed by atoms with van der Waals surface area (Å²) in [6, 6.07) is 6.00. The van der Waals surface area contributed by atoms with Crippen molar-refractivity contribution in [3.8, 4) is 5.75 Å². The van der Waals surface area contributed by atoms with Crippen LogP contribution in [-0.2, 0) is 13.0 Å². The van der Waals surface area contributed by atoms with E-state index in [2.05, 4.69) is 22.3 Å². The molecule has 25 heavy (non-hydrogen) atoms. The van der Waals surface area contributed by atoms with Crippen LogP contribution in [-0.4, -0.2) is 34.3 Å². The summed E-state index contributed by atoms with van der Waals surface area (Å²) in [5, 5.41) is 8.46. The van der Waals surface area contributed by atoms with Gasteiger partial charge in [0, 0.05) is 35.9 Å². The minimum Gasteiger partial charge on any atom is -0.497 e. The molecule has 0 spiro atoms. The number of aromatic amines is 1. The standard InChI is InChI=1S/C19H24N4O2/c1-5-23-11-17(13(3)22-23)19(24)20-9-8-15-12(2)21-18-7-6-14(25-4)10-16(15)18/h6-7,10-11,21H,5,8-9H2,1-4H3,(H,20,24). The summed E-state index contributed by atoms with van der Waals surface area (Å²) in [5.41, 5.74) is 4.80. The summed E-state index contributed by atoms with van der Waals surface area (Å²) in [6.07, 6.45) is 2.55. The number of hydrogen-bond donors (Lipinski definition) is 2. The van der Waals surface area contributed by atoms with Crippen molar-refractivity contribution >= 4 is 16.8 Å². The number of rotatable bonds is 6. The Bertz CT molecular complexity index is 908. The minimum atomic E-state index is -0.0766. The fourth-order valence-corrected chi connectivity index (χ4v) is 3.11. The Morgan fingerprint density at radius 1 is 1.36 bits per heavy atom. The van der Waals surface area contributed by atoms with Crippen LogP contribution in [0.2, 0.25) is 0 Å². The van der Waals surface area contributed by atoms with Crippen molar-refractivity contribution in [2.24, 2.45) is 0 Å². The van der Waals surface area contributed by atoms with Crippen LogP contribution in [0.3, 0.4) is 0 Å². The lowest BCUT2D eigenvalue weighted by molar-refractivity contribution is 0.0953. The number of benzene rings is 1. The van der Waals surface area contributed by atoms with Gasteiger partial charge in [-0.25, -0.2) is 0 Å². The Hall–Kier alpha value is -2.76. The number of methoxy groups -OCH3 is 1. The number of ether oxygens (including phenoxy) is 1. The molecule has 1 amide bonds. The molecule has 0 bridgehead atoms. The summed E-state index contributed by atoms with van der Waals surface area (Å²) in [7, 11) is 1.67. The Labute approximate surface area is 147 Å². The molecule has 0 saturated carbocycles. The lowest BCUT2D eigenvalue weighted by Crippen LogP contribution is -2.26. The normalized spacial score (nSPS) is 11.0. The molecular formula is C19H24N4O2. The van der Waals surface area contributed by atoms with E-state index in [1.807, 2.05) is 32.0 Å². The predicted molar refractivity (Wildman–Crippen MR) is 98.3 cm³/mol. The number of carbonyl (C=O) groups excluding carboxylic acids is 1. The van der Waals surface area contributed by atoms with Crippen LogP contribution in [0.1, 0.15) is 34.2 Å². The number of aryl methyl sites for hydroxylation is 3. The maximum absolute atomic E-state index is 12.4. The molecule has 0 unspecified atom stereocenters. The molecular weight excluding hydrogens is 316 g/mol. The van der Waals surface area contributed by atoms with Gasteiger partial charge in [-0.05, 0) is 51.0 Å². The number of carbonyl (C=O) groups is 1. The lowest BCUT2D eigenvalue weighted by atomic mass is 10.1. The highest BCUT2D eigenvalue weighted by atomic mass is 16.5. The number of fused-ring (bicyclic) bond motifs is 1. The van der Waals surface area contributed by atoms with Gasteiger partial charge in [0.2, 0.25) is 0 Å². The second-order valence-electron chi connectivity index (χ2n) is 6.13. The van der Waals surface area contributed by atoms with E-state index in [1.165, 1.54) is 5.56 Å². The zero-order valence-electron chi connectivity index (χ0n) is 15.1. The van der Waals surface area contributed by atoms with Crippen LogP contribution in [0, 0.1) is 13.8 Å². The third kappa shape index (κ3) is 3.38. The molecule has 1 aromatic carbocycles. The zero-order chi connectivity index (χ0) is 18.0. The molecule has 6 nitrogen and oxygen atoms in total. The van der Waals surface area contributed by atoms with Crippen molar-refractivity contribution < 1.29 is 9.53 Å². The van der Waals surface area contributed by atoms with Gasteiger partial charge in [-0.2, -0.15) is 5.10 Å². The molecule has 2 N–H and O–H groups in total. The van der Waals surface area contributed by atoms with E-state index in [0.29, 0.717) is 12.1 Å². The Balaban J connectivity index is 1.71. The molecule has 0 aliphatic rings. The molecule has 132 valence electrons. The molecule has 0 fully saturated rings. The monoisotopic (exact) mass is 340 g/mol. The molecule has 3 rings (SSSR count). The van der Waals surface area contributed by atoms with Crippen LogP contribution in [0.25, 0.3) is 10.9 Å². The maximum atomic E-state index is 12.4. The molecule has 0 saturated heterocycles. The summed E-state index contributed by atoms with van der Waals surface area (Å²) >= 11 is 0. The van der Waals surface area contributed by atoms with Crippen molar-refractivity contribution in [2.45, 2.75) is 33.7 Å². The molecule has 0 radical (unpaired) electrons. The summed E-state index contributed by atoms with van der Waals surface area (Å²) in [5.74, 6) is 0.756. The minimum absolute atomic E-state index is 0.0766. The quantitative estimate of drug-likeness (QED) is 0.724. The van der Waals surface area contributed by atoms with Gasteiger partial charge in [0.1, 0.15) is 5.75 Å². The largest absolute Gasteiger partial charge is 0.497 e. The lowest BCUT2D eigenvalue weighted by Gasteiger charge is -2.06. The first-order valence-electron chi connectivity index (χ1n) is 8.51. The third-order valence-electron chi connectivity index (χ3n) is 4.50. The van der Waals surface area contributed by atoms with Gasteiger partial charge in [0.25, 0.3) is 5.91 Å². The highest BCUT2D eigenvalue weighted by Crippen LogP contribution is 2.26. The number of nitrogens with zero attached hydrogens (tertiary/aromatic N) is 2. The first-order chi connectivity index (χ1) is 12.0. The van der Waals surface area contributed by atoms with Gasteiger partial charge in [-0.1, -0.05) is 0 Å². The van der Waals surface area contributed by atoms with E-state index in [4.69, 9.17) is 4.74 Å². The zero-order valence-corrected chi connectivity index (χ0v) is 15.1. The summed E-state index contributed by atoms with van der Waals surface area (Å²) < 4.78 is 7.10. The average molecular weight is 340 g/mol. The first-order valence-corrected chi connectivity index (χ1v) is 8.51. The number of nitrogens with one attached hydrogen (secondary N) is 2. The number of H-pyrrole nitrogens is 1. The van der Waals surface area contributed by atoms with Crippen LogP contribution in [0.15, 0.2) is 24.4 Å². The number of amides is 1. The van der Waals surface area contributed by atoms with E-state index in [9.17, 15) is 4.79 Å². The van der Waals surface area contributed by atoms with E-state index >= 15 is 0 Å². The molecule has 0 aliphatic carbocycles. The van der Waals surface area contributed by atoms with Gasteiger partial charge >= 0.3 is 0 Å². The van der Waals surface area contributed by atoms with Crippen molar-refractivity contribution in [1.82, 2.24) is 20.1 Å². The Morgan fingerprint density at radius 2 is 2.16 bits per heavy atom. The summed E-state index contributed by atoms with van der Waals surface area (Å²) in [6.45, 7) is 7.24. The van der Waals surface area contributed by atoms with Gasteiger partial charge < -0.3 is 15.0 Å². The predicted octanol–water partition coefficient (Wildman–Crippen LogP) is 2.98. The SMILES string of the molecule is CCn1cc(C(=O)NCCc2c(C)[nH]c3ccc(OC)cc23)c(C)n1.